The van der Waals surface area contributed by atoms with Crippen LogP contribution in [0.5, 0.6) is 6.01 Å². The second-order valence-electron chi connectivity index (χ2n) is 13.5. The monoisotopic (exact) mass is 642 g/mol. The van der Waals surface area contributed by atoms with Gasteiger partial charge in [-0.15, -0.1) is 6.42 Å². The number of piperidine rings is 1. The fourth-order valence-electron chi connectivity index (χ4n) is 7.56. The van der Waals surface area contributed by atoms with Gasteiger partial charge in [0.2, 0.25) is 0 Å². The van der Waals surface area contributed by atoms with Gasteiger partial charge in [-0.05, 0) is 55.6 Å². The molecular formula is C36H34F4N6O. The highest BCUT2D eigenvalue weighted by Gasteiger charge is 2.45. The van der Waals surface area contributed by atoms with Crippen LogP contribution < -0.4 is 15.0 Å². The first-order valence-corrected chi connectivity index (χ1v) is 16.2. The Hall–Kier alpha value is -4.27. The first kappa shape index (κ1) is 30.1. The lowest BCUT2D eigenvalue weighted by molar-refractivity contribution is 0.146. The first-order chi connectivity index (χ1) is 22.8. The SMILES string of the molecule is C#Cc1c(F)ccc2cccc(-c3ncc4c(N5CC6CCC(C5)N6)nc(OCC5(CN6CCC(=C(F)F)CC6)CC5)nc4c3F)c12. The first-order valence-electron chi connectivity index (χ1n) is 16.2. The number of nitrogens with zero attached hydrogens (tertiary/aromatic N) is 5. The largest absolute Gasteiger partial charge is 0.463 e. The Morgan fingerprint density at radius 3 is 2.51 bits per heavy atom. The minimum atomic E-state index is -1.55. The zero-order valence-electron chi connectivity index (χ0n) is 25.8. The van der Waals surface area contributed by atoms with Crippen molar-refractivity contribution in [3.05, 3.63) is 65.4 Å². The van der Waals surface area contributed by atoms with Crippen LogP contribution in [0.25, 0.3) is 32.9 Å². The summed E-state index contributed by atoms with van der Waals surface area (Å²) >= 11 is 0. The number of aromatic nitrogens is 3. The van der Waals surface area contributed by atoms with E-state index in [4.69, 9.17) is 16.1 Å². The van der Waals surface area contributed by atoms with Crippen LogP contribution in [0.4, 0.5) is 23.4 Å². The molecule has 7 nitrogen and oxygen atoms in total. The molecule has 2 bridgehead atoms. The van der Waals surface area contributed by atoms with Crippen LogP contribution in [0.15, 0.2) is 48.2 Å². The Labute approximate surface area is 270 Å². The molecule has 1 aliphatic carbocycles. The maximum Gasteiger partial charge on any atom is 0.319 e. The van der Waals surface area contributed by atoms with Crippen molar-refractivity contribution in [2.45, 2.75) is 50.6 Å². The molecule has 11 heteroatoms. The standard InChI is InChI=1S/C36H34F4N6O/c1-2-25-28(37)9-6-21-4-3-5-26(29(21)25)31-30(38)32-27(16-41-31)34(46-17-23-7-8-24(18-46)42-23)44-35(43-32)47-20-36(12-13-36)19-45-14-10-22(11-15-45)33(39)40/h1,3-6,9,16,23-24,42H,7-8,10-15,17-20H2. The van der Waals surface area contributed by atoms with Crippen molar-refractivity contribution in [2.24, 2.45) is 5.41 Å². The summed E-state index contributed by atoms with van der Waals surface area (Å²) in [4.78, 5) is 18.4. The molecule has 0 spiro atoms. The predicted octanol–water partition coefficient (Wildman–Crippen LogP) is 6.45. The second kappa shape index (κ2) is 11.8. The minimum Gasteiger partial charge on any atom is -0.463 e. The quantitative estimate of drug-likeness (QED) is 0.184. The van der Waals surface area contributed by atoms with E-state index in [2.05, 4.69) is 31.0 Å². The van der Waals surface area contributed by atoms with Crippen molar-refractivity contribution in [1.29, 1.82) is 0 Å². The van der Waals surface area contributed by atoms with Gasteiger partial charge in [-0.3, -0.25) is 4.98 Å². The summed E-state index contributed by atoms with van der Waals surface area (Å²) in [6.07, 6.45) is 10.5. The van der Waals surface area contributed by atoms with Crippen LogP contribution in [-0.2, 0) is 0 Å². The molecule has 4 aliphatic rings. The smallest absolute Gasteiger partial charge is 0.319 e. The molecule has 1 N–H and O–H groups in total. The molecule has 4 fully saturated rings. The van der Waals surface area contributed by atoms with Crippen molar-refractivity contribution in [2.75, 3.05) is 44.2 Å². The van der Waals surface area contributed by atoms with Crippen LogP contribution in [0.1, 0.15) is 44.1 Å². The summed E-state index contributed by atoms with van der Waals surface area (Å²) in [6, 6.07) is 8.89. The number of terminal acetylenes is 1. The van der Waals surface area contributed by atoms with Crippen molar-refractivity contribution in [3.8, 4) is 29.6 Å². The van der Waals surface area contributed by atoms with Gasteiger partial charge in [-0.1, -0.05) is 30.2 Å². The van der Waals surface area contributed by atoms with E-state index in [9.17, 15) is 13.2 Å². The molecule has 0 radical (unpaired) electrons. The third kappa shape index (κ3) is 5.57. The predicted molar refractivity (Wildman–Crippen MR) is 172 cm³/mol. The highest BCUT2D eigenvalue weighted by molar-refractivity contribution is 6.02. The Kier molecular flexibility index (Phi) is 7.53. The number of likely N-dealkylation sites (tertiary alicyclic amines) is 1. The number of benzene rings is 2. The third-order valence-corrected chi connectivity index (χ3v) is 10.3. The van der Waals surface area contributed by atoms with Gasteiger partial charge in [0, 0.05) is 67.4 Å². The van der Waals surface area contributed by atoms with Crippen molar-refractivity contribution in [3.63, 3.8) is 0 Å². The summed E-state index contributed by atoms with van der Waals surface area (Å²) in [7, 11) is 0. The van der Waals surface area contributed by atoms with Gasteiger partial charge in [0.1, 0.15) is 22.8 Å². The van der Waals surface area contributed by atoms with E-state index in [1.54, 1.807) is 30.5 Å². The molecule has 2 atom stereocenters. The highest BCUT2D eigenvalue weighted by Crippen LogP contribution is 2.47. The molecule has 2 aromatic heterocycles. The zero-order valence-corrected chi connectivity index (χ0v) is 25.8. The second-order valence-corrected chi connectivity index (χ2v) is 13.5. The van der Waals surface area contributed by atoms with E-state index >= 15 is 4.39 Å². The van der Waals surface area contributed by atoms with Crippen LogP contribution in [0.2, 0.25) is 0 Å². The third-order valence-electron chi connectivity index (χ3n) is 10.3. The van der Waals surface area contributed by atoms with Crippen LogP contribution in [0.3, 0.4) is 0 Å². The number of hydrogen-bond donors (Lipinski definition) is 1. The average Bonchev–Trinajstić information content (AvgIpc) is 3.77. The van der Waals surface area contributed by atoms with Gasteiger partial charge in [-0.25, -0.2) is 8.78 Å². The number of rotatable bonds is 7. The summed E-state index contributed by atoms with van der Waals surface area (Å²) < 4.78 is 64.0. The molecule has 3 aliphatic heterocycles. The molecule has 1 saturated carbocycles. The lowest BCUT2D eigenvalue weighted by atomic mass is 9.96. The number of piperazine rings is 1. The Bertz CT molecular complexity index is 1950. The maximum absolute atomic E-state index is 16.7. The molecular weight excluding hydrogens is 608 g/mol. The molecule has 8 rings (SSSR count). The highest BCUT2D eigenvalue weighted by atomic mass is 19.3. The van der Waals surface area contributed by atoms with Gasteiger partial charge in [0.05, 0.1) is 17.6 Å². The number of pyridine rings is 1. The minimum absolute atomic E-state index is 0.0167. The molecule has 3 saturated heterocycles. The fraction of sp³-hybridized carbons (Fsp3) is 0.417. The van der Waals surface area contributed by atoms with Gasteiger partial charge in [0.25, 0.3) is 6.08 Å². The summed E-state index contributed by atoms with van der Waals surface area (Å²) in [5.41, 5.74) is 0.645. The number of fused-ring (bicyclic) bond motifs is 4. The fourth-order valence-corrected chi connectivity index (χ4v) is 7.56. The summed E-state index contributed by atoms with van der Waals surface area (Å²) in [5, 5.41) is 5.19. The number of anilines is 1. The van der Waals surface area contributed by atoms with Gasteiger partial charge >= 0.3 is 6.01 Å². The number of hydrogen-bond acceptors (Lipinski definition) is 7. The van der Waals surface area contributed by atoms with Crippen molar-refractivity contribution >= 4 is 27.5 Å². The van der Waals surface area contributed by atoms with Gasteiger partial charge in [0.15, 0.2) is 5.82 Å². The van der Waals surface area contributed by atoms with Crippen molar-refractivity contribution < 1.29 is 22.3 Å². The molecule has 2 aromatic carbocycles. The Morgan fingerprint density at radius 2 is 1.81 bits per heavy atom. The van der Waals surface area contributed by atoms with Crippen LogP contribution in [0, 0.1) is 29.4 Å². The normalized spacial score (nSPS) is 22.1. The molecule has 242 valence electrons. The lowest BCUT2D eigenvalue weighted by Gasteiger charge is -2.34. The molecule has 0 amide bonds. The average molecular weight is 643 g/mol. The topological polar surface area (TPSA) is 66.4 Å². The van der Waals surface area contributed by atoms with E-state index in [0.29, 0.717) is 85.3 Å². The summed E-state index contributed by atoms with van der Waals surface area (Å²) in [5.74, 6) is 1.78. The van der Waals surface area contributed by atoms with E-state index in [-0.39, 0.29) is 33.8 Å². The number of nitrogens with one attached hydrogen (secondary N) is 1. The van der Waals surface area contributed by atoms with Gasteiger partial charge < -0.3 is 19.9 Å². The molecule has 2 unspecified atom stereocenters. The zero-order chi connectivity index (χ0) is 32.3. The molecule has 4 aromatic rings. The maximum atomic E-state index is 16.7. The van der Waals surface area contributed by atoms with E-state index in [1.165, 1.54) is 6.07 Å². The van der Waals surface area contributed by atoms with Crippen LogP contribution >= 0.6 is 0 Å². The van der Waals surface area contributed by atoms with E-state index in [0.717, 1.165) is 32.2 Å². The molecule has 5 heterocycles. The Balaban J connectivity index is 1.16. The molecule has 47 heavy (non-hydrogen) atoms. The van der Waals surface area contributed by atoms with Crippen LogP contribution in [-0.4, -0.2) is 71.3 Å². The summed E-state index contributed by atoms with van der Waals surface area (Å²) in [6.45, 7) is 3.71. The number of ether oxygens (including phenoxy) is 1. The van der Waals surface area contributed by atoms with Gasteiger partial charge in [-0.2, -0.15) is 18.7 Å². The Morgan fingerprint density at radius 1 is 1.04 bits per heavy atom. The van der Waals surface area contributed by atoms with Crippen molar-refractivity contribution in [1.82, 2.24) is 25.2 Å². The van der Waals surface area contributed by atoms with E-state index < -0.39 is 17.7 Å². The number of halogens is 4. The lowest BCUT2D eigenvalue weighted by Crippen LogP contribution is -2.51. The van der Waals surface area contributed by atoms with E-state index in [1.807, 2.05) is 0 Å².